The van der Waals surface area contributed by atoms with Gasteiger partial charge in [-0.3, -0.25) is 9.58 Å². The number of aryl methyl sites for hydroxylation is 1. The maximum absolute atomic E-state index is 11.3. The molecule has 2 heterocycles. The van der Waals surface area contributed by atoms with Crippen molar-refractivity contribution in [1.29, 1.82) is 0 Å². The van der Waals surface area contributed by atoms with Crippen molar-refractivity contribution >= 4 is 5.97 Å². The smallest absolute Gasteiger partial charge is 0.339 e. The lowest BCUT2D eigenvalue weighted by molar-refractivity contribution is 0.0694. The lowest BCUT2D eigenvalue weighted by atomic mass is 9.77. The number of aromatic nitrogens is 2. The molecule has 0 spiro atoms. The van der Waals surface area contributed by atoms with Gasteiger partial charge in [0.2, 0.25) is 0 Å². The third-order valence-electron chi connectivity index (χ3n) is 4.71. The third kappa shape index (κ3) is 3.84. The second kappa shape index (κ2) is 6.18. The summed E-state index contributed by atoms with van der Waals surface area (Å²) in [4.78, 5) is 13.6. The molecule has 1 N–H and O–H groups in total. The highest BCUT2D eigenvalue weighted by molar-refractivity contribution is 5.88. The zero-order chi connectivity index (χ0) is 15.6. The van der Waals surface area contributed by atoms with E-state index in [1.54, 1.807) is 4.68 Å². The molecular formula is C16H27N3O2. The predicted octanol–water partition coefficient (Wildman–Crippen LogP) is 2.77. The second-order valence-electron chi connectivity index (χ2n) is 7.20. The fourth-order valence-corrected chi connectivity index (χ4v) is 3.22. The minimum absolute atomic E-state index is 0.328. The van der Waals surface area contributed by atoms with Gasteiger partial charge in [0.15, 0.2) is 0 Å². The van der Waals surface area contributed by atoms with Gasteiger partial charge in [0.25, 0.3) is 0 Å². The van der Waals surface area contributed by atoms with Gasteiger partial charge < -0.3 is 5.11 Å². The molecule has 0 aliphatic carbocycles. The Labute approximate surface area is 126 Å². The summed E-state index contributed by atoms with van der Waals surface area (Å²) in [5.74, 6) is -0.145. The number of aromatic carboxylic acids is 1. The molecule has 1 atom stereocenters. The Morgan fingerprint density at radius 2 is 2.10 bits per heavy atom. The Balaban J connectivity index is 2.05. The van der Waals surface area contributed by atoms with Crippen molar-refractivity contribution in [3.8, 4) is 0 Å². The molecule has 5 heteroatoms. The predicted molar refractivity (Wildman–Crippen MR) is 82.2 cm³/mol. The topological polar surface area (TPSA) is 58.4 Å². The van der Waals surface area contributed by atoms with Crippen LogP contribution in [0, 0.1) is 11.3 Å². The van der Waals surface area contributed by atoms with Gasteiger partial charge in [0.1, 0.15) is 5.56 Å². The number of likely N-dealkylation sites (tertiary alicyclic amines) is 1. The molecule has 1 aliphatic heterocycles. The first-order valence-electron chi connectivity index (χ1n) is 7.75. The molecule has 1 aromatic heterocycles. The summed E-state index contributed by atoms with van der Waals surface area (Å²) in [6.07, 6.45) is 5.08. The van der Waals surface area contributed by atoms with Crippen LogP contribution in [0.25, 0.3) is 0 Å². The van der Waals surface area contributed by atoms with E-state index in [9.17, 15) is 9.90 Å². The molecule has 2 rings (SSSR count). The fourth-order valence-electron chi connectivity index (χ4n) is 3.22. The Bertz CT molecular complexity index is 502. The van der Waals surface area contributed by atoms with Crippen molar-refractivity contribution in [2.24, 2.45) is 18.4 Å². The van der Waals surface area contributed by atoms with Gasteiger partial charge in [-0.25, -0.2) is 4.79 Å². The maximum Gasteiger partial charge on any atom is 0.339 e. The van der Waals surface area contributed by atoms with E-state index in [2.05, 4.69) is 30.8 Å². The van der Waals surface area contributed by atoms with Crippen LogP contribution in [0.1, 0.15) is 56.1 Å². The highest BCUT2D eigenvalue weighted by Crippen LogP contribution is 2.34. The quantitative estimate of drug-likeness (QED) is 0.931. The minimum atomic E-state index is -0.888. The largest absolute Gasteiger partial charge is 0.478 e. The van der Waals surface area contributed by atoms with Crippen molar-refractivity contribution < 1.29 is 9.90 Å². The number of hydrogen-bond acceptors (Lipinski definition) is 3. The number of hydrogen-bond donors (Lipinski definition) is 1. The Hall–Kier alpha value is -1.36. The molecule has 5 nitrogen and oxygen atoms in total. The number of carboxylic acids is 1. The lowest BCUT2D eigenvalue weighted by Crippen LogP contribution is -2.27. The summed E-state index contributed by atoms with van der Waals surface area (Å²) in [6, 6.07) is 0. The molecule has 1 aliphatic rings. The van der Waals surface area contributed by atoms with Crippen LogP contribution in [0.2, 0.25) is 0 Å². The SMILES string of the molecule is Cn1ncc(C(=O)O)c1CN1CCCC(C(C)(C)C)CC1. The summed E-state index contributed by atoms with van der Waals surface area (Å²) in [5.41, 5.74) is 1.49. The van der Waals surface area contributed by atoms with Gasteiger partial charge >= 0.3 is 5.97 Å². The van der Waals surface area contributed by atoms with Gasteiger partial charge in [-0.1, -0.05) is 20.8 Å². The van der Waals surface area contributed by atoms with Crippen molar-refractivity contribution in [2.45, 2.75) is 46.6 Å². The maximum atomic E-state index is 11.3. The Morgan fingerprint density at radius 3 is 2.71 bits per heavy atom. The van der Waals surface area contributed by atoms with Crippen LogP contribution in [0.5, 0.6) is 0 Å². The van der Waals surface area contributed by atoms with E-state index in [-0.39, 0.29) is 0 Å². The molecule has 0 aromatic carbocycles. The van der Waals surface area contributed by atoms with Crippen LogP contribution in [0.4, 0.5) is 0 Å². The van der Waals surface area contributed by atoms with E-state index in [0.29, 0.717) is 17.5 Å². The molecule has 0 amide bonds. The number of carbonyl (C=O) groups is 1. The van der Waals surface area contributed by atoms with Crippen molar-refractivity contribution in [2.75, 3.05) is 13.1 Å². The van der Waals surface area contributed by atoms with E-state index < -0.39 is 5.97 Å². The first kappa shape index (κ1) is 16.0. The summed E-state index contributed by atoms with van der Waals surface area (Å²) in [5, 5.41) is 13.3. The van der Waals surface area contributed by atoms with Crippen molar-refractivity contribution in [1.82, 2.24) is 14.7 Å². The molecule has 0 radical (unpaired) electrons. The van der Waals surface area contributed by atoms with Gasteiger partial charge in [-0.05, 0) is 43.7 Å². The van der Waals surface area contributed by atoms with E-state index in [1.165, 1.54) is 25.5 Å². The normalized spacial score (nSPS) is 21.2. The average molecular weight is 293 g/mol. The van der Waals surface area contributed by atoms with Crippen LogP contribution in [-0.4, -0.2) is 38.8 Å². The first-order chi connectivity index (χ1) is 9.79. The minimum Gasteiger partial charge on any atom is -0.478 e. The third-order valence-corrected chi connectivity index (χ3v) is 4.71. The van der Waals surface area contributed by atoms with E-state index >= 15 is 0 Å². The number of carboxylic acid groups (broad SMARTS) is 1. The molecule has 118 valence electrons. The summed E-state index contributed by atoms with van der Waals surface area (Å²) in [7, 11) is 1.82. The number of nitrogens with zero attached hydrogens (tertiary/aromatic N) is 3. The van der Waals surface area contributed by atoms with Gasteiger partial charge in [-0.2, -0.15) is 5.10 Å². The van der Waals surface area contributed by atoms with Crippen molar-refractivity contribution in [3.05, 3.63) is 17.5 Å². The first-order valence-corrected chi connectivity index (χ1v) is 7.75. The molecule has 1 saturated heterocycles. The van der Waals surface area contributed by atoms with Gasteiger partial charge in [-0.15, -0.1) is 0 Å². The Kier molecular flexibility index (Phi) is 4.71. The van der Waals surface area contributed by atoms with Gasteiger partial charge in [0, 0.05) is 13.6 Å². The molecule has 1 aromatic rings. The standard InChI is InChI=1S/C16H27N3O2/c1-16(2,3)12-6-5-8-19(9-7-12)11-14-13(15(20)21)10-17-18(14)4/h10,12H,5-9,11H2,1-4H3,(H,20,21). The second-order valence-corrected chi connectivity index (χ2v) is 7.20. The van der Waals surface area contributed by atoms with Crippen LogP contribution < -0.4 is 0 Å². The highest BCUT2D eigenvalue weighted by atomic mass is 16.4. The summed E-state index contributed by atoms with van der Waals surface area (Å²) < 4.78 is 1.69. The van der Waals surface area contributed by atoms with E-state index in [4.69, 9.17) is 0 Å². The highest BCUT2D eigenvalue weighted by Gasteiger charge is 2.27. The van der Waals surface area contributed by atoms with Crippen LogP contribution in [0.3, 0.4) is 0 Å². The molecule has 21 heavy (non-hydrogen) atoms. The van der Waals surface area contributed by atoms with Gasteiger partial charge in [0.05, 0.1) is 11.9 Å². The van der Waals surface area contributed by atoms with Crippen LogP contribution >= 0.6 is 0 Å². The number of rotatable bonds is 3. The molecule has 1 unspecified atom stereocenters. The van der Waals surface area contributed by atoms with Crippen LogP contribution in [-0.2, 0) is 13.6 Å². The molecule has 0 saturated carbocycles. The van der Waals surface area contributed by atoms with E-state index in [0.717, 1.165) is 24.7 Å². The lowest BCUT2D eigenvalue weighted by Gasteiger charge is -2.29. The van der Waals surface area contributed by atoms with Crippen molar-refractivity contribution in [3.63, 3.8) is 0 Å². The Morgan fingerprint density at radius 1 is 1.38 bits per heavy atom. The molecular weight excluding hydrogens is 266 g/mol. The van der Waals surface area contributed by atoms with Crippen LogP contribution in [0.15, 0.2) is 6.20 Å². The zero-order valence-electron chi connectivity index (χ0n) is 13.6. The molecule has 0 bridgehead atoms. The summed E-state index contributed by atoms with van der Waals surface area (Å²) >= 11 is 0. The molecule has 1 fully saturated rings. The average Bonchev–Trinajstić information content (AvgIpc) is 2.60. The zero-order valence-corrected chi connectivity index (χ0v) is 13.6. The fraction of sp³-hybridized carbons (Fsp3) is 0.750. The van der Waals surface area contributed by atoms with E-state index in [1.807, 2.05) is 7.05 Å². The summed E-state index contributed by atoms with van der Waals surface area (Å²) in [6.45, 7) is 9.70. The monoisotopic (exact) mass is 293 g/mol.